The van der Waals surface area contributed by atoms with Gasteiger partial charge in [-0.15, -0.1) is 0 Å². The first-order valence-corrected chi connectivity index (χ1v) is 3.22. The molecule has 2 atom stereocenters. The summed E-state index contributed by atoms with van der Waals surface area (Å²) in [6.45, 7) is 0.765. The minimum absolute atomic E-state index is 0.350. The van der Waals surface area contributed by atoms with Crippen LogP contribution in [-0.4, -0.2) is 17.7 Å². The van der Waals surface area contributed by atoms with Crippen molar-refractivity contribution in [3.63, 3.8) is 0 Å². The zero-order chi connectivity index (χ0) is 5.28. The lowest BCUT2D eigenvalue weighted by Gasteiger charge is -1.90. The molecular weight excluding hydrogens is 161 g/mol. The zero-order valence-corrected chi connectivity index (χ0v) is 5.41. The summed E-state index contributed by atoms with van der Waals surface area (Å²) in [4.78, 5) is 0.350. The summed E-state index contributed by atoms with van der Waals surface area (Å²) in [7, 11) is 0. The highest BCUT2D eigenvalue weighted by Gasteiger charge is 2.19. The highest BCUT2D eigenvalue weighted by atomic mass is 79.9. The van der Waals surface area contributed by atoms with Crippen molar-refractivity contribution < 1.29 is 4.39 Å². The third-order valence-electron chi connectivity index (χ3n) is 1.02. The Hall–Kier alpha value is 0.370. The van der Waals surface area contributed by atoms with Crippen molar-refractivity contribution in [3.05, 3.63) is 0 Å². The van der Waals surface area contributed by atoms with Crippen molar-refractivity contribution in [2.45, 2.75) is 17.5 Å². The summed E-state index contributed by atoms with van der Waals surface area (Å²) in [5, 5.41) is 2.66. The summed E-state index contributed by atoms with van der Waals surface area (Å²) >= 11 is 3.28. The minimum atomic E-state index is -0.774. The normalized spacial score (nSPS) is 42.0. The molecule has 0 aromatic heterocycles. The summed E-state index contributed by atoms with van der Waals surface area (Å²) in [5.74, 6) is 0. The summed E-state index contributed by atoms with van der Waals surface area (Å²) < 4.78 is 12.0. The van der Waals surface area contributed by atoms with Gasteiger partial charge in [-0.25, -0.2) is 4.39 Å². The van der Waals surface area contributed by atoms with Crippen LogP contribution in [0.1, 0.15) is 6.42 Å². The topological polar surface area (TPSA) is 12.0 Å². The Bertz CT molecular complexity index is 60.7. The average Bonchev–Trinajstić information content (AvgIpc) is 1.87. The van der Waals surface area contributed by atoms with Crippen LogP contribution >= 0.6 is 15.9 Å². The van der Waals surface area contributed by atoms with E-state index in [1.165, 1.54) is 0 Å². The van der Waals surface area contributed by atoms with Gasteiger partial charge in [0, 0.05) is 17.8 Å². The van der Waals surface area contributed by atoms with Crippen LogP contribution in [0.15, 0.2) is 0 Å². The van der Waals surface area contributed by atoms with Gasteiger partial charge < -0.3 is 0 Å². The Balaban J connectivity index is 2.26. The largest absolute Gasteiger partial charge is 0.287 e. The Kier molecular flexibility index (Phi) is 1.65. The van der Waals surface area contributed by atoms with E-state index in [4.69, 9.17) is 0 Å². The van der Waals surface area contributed by atoms with Crippen molar-refractivity contribution in [2.24, 2.45) is 0 Å². The summed E-state index contributed by atoms with van der Waals surface area (Å²) in [6, 6.07) is 0. The van der Waals surface area contributed by atoms with Gasteiger partial charge in [0.05, 0.1) is 0 Å². The number of hydrogen-bond donors (Lipinski definition) is 1. The molecule has 1 aliphatic rings. The molecule has 0 spiro atoms. The Labute approximate surface area is 50.4 Å². The monoisotopic (exact) mass is 167 g/mol. The van der Waals surface area contributed by atoms with E-state index in [2.05, 4.69) is 21.2 Å². The third kappa shape index (κ3) is 1.39. The molecule has 7 heavy (non-hydrogen) atoms. The Morgan fingerprint density at radius 2 is 2.43 bits per heavy atom. The van der Waals surface area contributed by atoms with Gasteiger partial charge in [0.2, 0.25) is 0 Å². The highest BCUT2D eigenvalue weighted by molar-refractivity contribution is 9.09. The summed E-state index contributed by atoms with van der Waals surface area (Å²) in [6.07, 6.45) is -0.163. The molecule has 1 nitrogen and oxygen atoms in total. The van der Waals surface area contributed by atoms with E-state index in [9.17, 15) is 4.39 Å². The number of nitrogens with one attached hydrogen (secondary N) is 1. The number of halogens is 2. The molecule has 0 radical (unpaired) electrons. The maximum Gasteiger partial charge on any atom is 0.152 e. The quantitative estimate of drug-likeness (QED) is 0.420. The van der Waals surface area contributed by atoms with Crippen molar-refractivity contribution in [3.8, 4) is 0 Å². The number of alkyl halides is 2. The first-order valence-electron chi connectivity index (χ1n) is 2.30. The predicted molar refractivity (Wildman–Crippen MR) is 30.2 cm³/mol. The molecule has 0 amide bonds. The third-order valence-corrected chi connectivity index (χ3v) is 1.72. The van der Waals surface area contributed by atoms with Crippen LogP contribution in [0, 0.1) is 0 Å². The van der Waals surface area contributed by atoms with Crippen molar-refractivity contribution in [1.29, 1.82) is 0 Å². The van der Waals surface area contributed by atoms with Gasteiger partial charge in [0.1, 0.15) is 0 Å². The molecule has 0 saturated carbocycles. The molecule has 1 heterocycles. The molecule has 3 heteroatoms. The molecule has 1 aliphatic heterocycles. The van der Waals surface area contributed by atoms with Crippen LogP contribution in [0.25, 0.3) is 0 Å². The van der Waals surface area contributed by atoms with Crippen molar-refractivity contribution in [2.75, 3.05) is 6.54 Å². The molecule has 1 N–H and O–H groups in total. The highest BCUT2D eigenvalue weighted by Crippen LogP contribution is 2.14. The molecule has 2 unspecified atom stereocenters. The molecule has 1 fully saturated rings. The van der Waals surface area contributed by atoms with Crippen LogP contribution in [0.2, 0.25) is 0 Å². The fraction of sp³-hybridized carbons (Fsp3) is 1.00. The number of hydrogen-bond acceptors (Lipinski definition) is 1. The zero-order valence-electron chi connectivity index (χ0n) is 3.82. The fourth-order valence-corrected chi connectivity index (χ4v) is 1.16. The van der Waals surface area contributed by atoms with Gasteiger partial charge in [0.25, 0.3) is 0 Å². The van der Waals surface area contributed by atoms with E-state index < -0.39 is 6.30 Å². The van der Waals surface area contributed by atoms with Crippen LogP contribution < -0.4 is 5.32 Å². The number of rotatable bonds is 0. The van der Waals surface area contributed by atoms with E-state index in [1.807, 2.05) is 0 Å². The first-order chi connectivity index (χ1) is 3.29. The van der Waals surface area contributed by atoms with Gasteiger partial charge in [-0.1, -0.05) is 15.9 Å². The Morgan fingerprint density at radius 1 is 1.71 bits per heavy atom. The van der Waals surface area contributed by atoms with E-state index in [-0.39, 0.29) is 0 Å². The van der Waals surface area contributed by atoms with Crippen molar-refractivity contribution >= 4 is 15.9 Å². The van der Waals surface area contributed by atoms with E-state index >= 15 is 0 Å². The minimum Gasteiger partial charge on any atom is -0.287 e. The smallest absolute Gasteiger partial charge is 0.152 e. The van der Waals surface area contributed by atoms with Crippen LogP contribution in [-0.2, 0) is 0 Å². The van der Waals surface area contributed by atoms with Gasteiger partial charge in [-0.05, 0) is 0 Å². The Morgan fingerprint density at radius 3 is 2.57 bits per heavy atom. The van der Waals surface area contributed by atoms with E-state index in [0.29, 0.717) is 11.2 Å². The molecule has 0 aliphatic carbocycles. The molecule has 0 aromatic rings. The second kappa shape index (κ2) is 2.09. The molecular formula is C4H7BrFN. The fourth-order valence-electron chi connectivity index (χ4n) is 0.647. The second-order valence-corrected chi connectivity index (χ2v) is 3.00. The van der Waals surface area contributed by atoms with Gasteiger partial charge in [-0.2, -0.15) is 0 Å². The van der Waals surface area contributed by atoms with Crippen LogP contribution in [0.3, 0.4) is 0 Å². The molecule has 1 saturated heterocycles. The SMILES string of the molecule is FC1CC(Br)CN1. The summed E-state index contributed by atoms with van der Waals surface area (Å²) in [5.41, 5.74) is 0. The van der Waals surface area contributed by atoms with E-state index in [1.54, 1.807) is 0 Å². The van der Waals surface area contributed by atoms with Gasteiger partial charge in [0.15, 0.2) is 6.30 Å². The standard InChI is InChI=1S/C4H7BrFN/c5-3-1-4(6)7-2-3/h3-4,7H,1-2H2. The molecule has 1 rings (SSSR count). The molecule has 0 aromatic carbocycles. The van der Waals surface area contributed by atoms with Crippen molar-refractivity contribution in [1.82, 2.24) is 5.32 Å². The predicted octanol–water partition coefficient (Wildman–Crippen LogP) is 1.04. The lowest BCUT2D eigenvalue weighted by Crippen LogP contribution is -2.15. The molecule has 42 valence electrons. The maximum absolute atomic E-state index is 12.0. The van der Waals surface area contributed by atoms with Crippen LogP contribution in [0.4, 0.5) is 4.39 Å². The maximum atomic E-state index is 12.0. The van der Waals surface area contributed by atoms with Crippen LogP contribution in [0.5, 0.6) is 0 Å². The molecule has 0 bridgehead atoms. The second-order valence-electron chi connectivity index (χ2n) is 1.71. The van der Waals surface area contributed by atoms with E-state index in [0.717, 1.165) is 6.54 Å². The van der Waals surface area contributed by atoms with Gasteiger partial charge >= 0.3 is 0 Å². The lowest BCUT2D eigenvalue weighted by molar-refractivity contribution is 0.311. The lowest BCUT2D eigenvalue weighted by atomic mass is 10.4. The average molecular weight is 168 g/mol. The van der Waals surface area contributed by atoms with Gasteiger partial charge in [-0.3, -0.25) is 5.32 Å². The first kappa shape index (κ1) is 5.51.